The first-order chi connectivity index (χ1) is 8.19. The number of hydrogen-bond donors (Lipinski definition) is 1. The molecule has 1 aromatic rings. The van der Waals surface area contributed by atoms with Crippen LogP contribution in [0.5, 0.6) is 5.75 Å². The van der Waals surface area contributed by atoms with Crippen molar-refractivity contribution in [3.63, 3.8) is 0 Å². The Kier molecular flexibility index (Phi) is 2.62. The molecule has 1 aliphatic carbocycles. The first-order valence-electron chi connectivity index (χ1n) is 6.70. The summed E-state index contributed by atoms with van der Waals surface area (Å²) in [4.78, 5) is 0. The molecule has 2 unspecified atom stereocenters. The fraction of sp³-hybridized carbons (Fsp3) is 0.600. The summed E-state index contributed by atoms with van der Waals surface area (Å²) in [5.74, 6) is 1.16. The summed E-state index contributed by atoms with van der Waals surface area (Å²) in [7, 11) is 0. The largest absolute Gasteiger partial charge is 0.493 e. The lowest BCUT2D eigenvalue weighted by Gasteiger charge is -2.30. The average Bonchev–Trinajstić information content (AvgIpc) is 2.70. The van der Waals surface area contributed by atoms with Crippen LogP contribution >= 0.6 is 0 Å². The molecular weight excluding hydrogens is 210 g/mol. The molecule has 0 saturated heterocycles. The Balaban J connectivity index is 2.03. The van der Waals surface area contributed by atoms with Gasteiger partial charge >= 0.3 is 0 Å². The highest BCUT2D eigenvalue weighted by molar-refractivity contribution is 5.47. The number of hydrogen-bond acceptors (Lipinski definition) is 2. The zero-order chi connectivity index (χ0) is 11.9. The van der Waals surface area contributed by atoms with E-state index < -0.39 is 0 Å². The maximum atomic E-state index is 6.08. The van der Waals surface area contributed by atoms with E-state index in [1.54, 1.807) is 0 Å². The van der Waals surface area contributed by atoms with Crippen molar-refractivity contribution < 1.29 is 4.74 Å². The summed E-state index contributed by atoms with van der Waals surface area (Å²) in [5, 5.41) is 0. The number of nitrogens with two attached hydrogens (primary N) is 1. The summed E-state index contributed by atoms with van der Waals surface area (Å²) in [6, 6.07) is 6.98. The quantitative estimate of drug-likeness (QED) is 0.806. The van der Waals surface area contributed by atoms with E-state index in [1.807, 2.05) is 0 Å². The van der Waals surface area contributed by atoms with E-state index in [-0.39, 0.29) is 5.41 Å². The molecule has 2 heteroatoms. The van der Waals surface area contributed by atoms with Gasteiger partial charge in [-0.2, -0.15) is 0 Å². The third-order valence-corrected chi connectivity index (χ3v) is 4.36. The Morgan fingerprint density at radius 3 is 3.06 bits per heavy atom. The van der Waals surface area contributed by atoms with E-state index >= 15 is 0 Å². The minimum Gasteiger partial charge on any atom is -0.493 e. The van der Waals surface area contributed by atoms with E-state index in [1.165, 1.54) is 17.5 Å². The van der Waals surface area contributed by atoms with Gasteiger partial charge in [0.1, 0.15) is 5.75 Å². The zero-order valence-electron chi connectivity index (χ0n) is 10.5. The molecule has 1 aromatic carbocycles. The number of para-hydroxylation sites is 1. The molecule has 0 aromatic heterocycles. The fourth-order valence-electron chi connectivity index (χ4n) is 3.40. The van der Waals surface area contributed by atoms with Gasteiger partial charge in [0.15, 0.2) is 0 Å². The van der Waals surface area contributed by atoms with Gasteiger partial charge in [-0.3, -0.25) is 0 Å². The van der Waals surface area contributed by atoms with Gasteiger partial charge in [0.2, 0.25) is 0 Å². The van der Waals surface area contributed by atoms with Crippen LogP contribution in [0.25, 0.3) is 0 Å². The first kappa shape index (κ1) is 11.1. The lowest BCUT2D eigenvalue weighted by Crippen LogP contribution is -2.24. The minimum atomic E-state index is 0.224. The van der Waals surface area contributed by atoms with E-state index in [4.69, 9.17) is 10.5 Å². The van der Waals surface area contributed by atoms with Crippen LogP contribution in [-0.4, -0.2) is 12.6 Å². The molecule has 2 N–H and O–H groups in total. The Bertz CT molecular complexity index is 429. The standard InChI is InChI=1S/C15H21NO/c1-15(8-7-12(16)10-15)13-6-2-4-11-5-3-9-17-14(11)13/h2,4,6,12H,3,5,7-10,16H2,1H3. The smallest absolute Gasteiger partial charge is 0.126 e. The van der Waals surface area contributed by atoms with Crippen molar-refractivity contribution in [2.75, 3.05) is 6.61 Å². The summed E-state index contributed by atoms with van der Waals surface area (Å²) in [6.07, 6.45) is 5.72. The Labute approximate surface area is 103 Å². The number of benzene rings is 1. The van der Waals surface area contributed by atoms with Gasteiger partial charge in [0.05, 0.1) is 6.61 Å². The summed E-state index contributed by atoms with van der Waals surface area (Å²) < 4.78 is 5.93. The maximum absolute atomic E-state index is 6.08. The van der Waals surface area contributed by atoms with Crippen molar-refractivity contribution >= 4 is 0 Å². The Morgan fingerprint density at radius 1 is 1.41 bits per heavy atom. The molecule has 2 nitrogen and oxygen atoms in total. The predicted molar refractivity (Wildman–Crippen MR) is 69.4 cm³/mol. The van der Waals surface area contributed by atoms with Gasteiger partial charge in [0, 0.05) is 11.6 Å². The molecule has 2 atom stereocenters. The molecule has 1 fully saturated rings. The molecule has 0 amide bonds. The molecule has 17 heavy (non-hydrogen) atoms. The van der Waals surface area contributed by atoms with Crippen molar-refractivity contribution in [2.24, 2.45) is 5.73 Å². The molecule has 2 aliphatic rings. The average molecular weight is 231 g/mol. The number of ether oxygens (including phenoxy) is 1. The van der Waals surface area contributed by atoms with E-state index in [9.17, 15) is 0 Å². The van der Waals surface area contributed by atoms with Crippen LogP contribution in [0.1, 0.15) is 43.7 Å². The normalized spacial score (nSPS) is 32.0. The summed E-state index contributed by atoms with van der Waals surface area (Å²) >= 11 is 0. The number of aryl methyl sites for hydroxylation is 1. The van der Waals surface area contributed by atoms with Crippen molar-refractivity contribution in [2.45, 2.75) is 50.5 Å². The van der Waals surface area contributed by atoms with Gasteiger partial charge < -0.3 is 10.5 Å². The predicted octanol–water partition coefficient (Wildman–Crippen LogP) is 2.78. The van der Waals surface area contributed by atoms with E-state index in [0.717, 1.165) is 38.0 Å². The lowest BCUT2D eigenvalue weighted by molar-refractivity contribution is 0.277. The summed E-state index contributed by atoms with van der Waals surface area (Å²) in [6.45, 7) is 3.21. The highest BCUT2D eigenvalue weighted by atomic mass is 16.5. The molecular formula is C15H21NO. The fourth-order valence-corrected chi connectivity index (χ4v) is 3.40. The monoisotopic (exact) mass is 231 g/mol. The Morgan fingerprint density at radius 2 is 2.29 bits per heavy atom. The highest BCUT2D eigenvalue weighted by Gasteiger charge is 2.37. The van der Waals surface area contributed by atoms with Gasteiger partial charge in [0.25, 0.3) is 0 Å². The topological polar surface area (TPSA) is 35.2 Å². The second kappa shape index (κ2) is 4.02. The van der Waals surface area contributed by atoms with Gasteiger partial charge in [-0.1, -0.05) is 25.1 Å². The lowest BCUT2D eigenvalue weighted by atomic mass is 9.79. The van der Waals surface area contributed by atoms with Crippen LogP contribution in [0.3, 0.4) is 0 Å². The molecule has 92 valence electrons. The third-order valence-electron chi connectivity index (χ3n) is 4.36. The van der Waals surface area contributed by atoms with Crippen molar-refractivity contribution in [3.05, 3.63) is 29.3 Å². The molecule has 0 radical (unpaired) electrons. The third kappa shape index (κ3) is 1.85. The van der Waals surface area contributed by atoms with Crippen LogP contribution in [0.2, 0.25) is 0 Å². The molecule has 3 rings (SSSR count). The van der Waals surface area contributed by atoms with E-state index in [2.05, 4.69) is 25.1 Å². The van der Waals surface area contributed by atoms with Gasteiger partial charge in [-0.25, -0.2) is 0 Å². The molecule has 0 bridgehead atoms. The highest BCUT2D eigenvalue weighted by Crippen LogP contribution is 2.45. The Hall–Kier alpha value is -1.02. The molecule has 1 saturated carbocycles. The van der Waals surface area contributed by atoms with Crippen LogP contribution < -0.4 is 10.5 Å². The van der Waals surface area contributed by atoms with Crippen molar-refractivity contribution in [1.82, 2.24) is 0 Å². The van der Waals surface area contributed by atoms with Crippen LogP contribution in [0, 0.1) is 0 Å². The molecule has 1 aliphatic heterocycles. The van der Waals surface area contributed by atoms with Gasteiger partial charge in [-0.15, -0.1) is 0 Å². The zero-order valence-corrected chi connectivity index (χ0v) is 10.5. The second-order valence-electron chi connectivity index (χ2n) is 5.81. The van der Waals surface area contributed by atoms with Crippen LogP contribution in [0.4, 0.5) is 0 Å². The van der Waals surface area contributed by atoms with E-state index in [0.29, 0.717) is 6.04 Å². The van der Waals surface area contributed by atoms with Crippen LogP contribution in [0.15, 0.2) is 18.2 Å². The minimum absolute atomic E-state index is 0.224. The second-order valence-corrected chi connectivity index (χ2v) is 5.81. The summed E-state index contributed by atoms with van der Waals surface area (Å²) in [5.41, 5.74) is 9.08. The van der Waals surface area contributed by atoms with Crippen molar-refractivity contribution in [1.29, 1.82) is 0 Å². The molecule has 0 spiro atoms. The van der Waals surface area contributed by atoms with Crippen LogP contribution in [-0.2, 0) is 11.8 Å². The number of rotatable bonds is 1. The van der Waals surface area contributed by atoms with Crippen molar-refractivity contribution in [3.8, 4) is 5.75 Å². The first-order valence-corrected chi connectivity index (χ1v) is 6.70. The molecule has 1 heterocycles. The SMILES string of the molecule is CC1(c2cccc3c2OCCC3)CCC(N)C1. The number of fused-ring (bicyclic) bond motifs is 1. The maximum Gasteiger partial charge on any atom is 0.126 e. The van der Waals surface area contributed by atoms with Gasteiger partial charge in [-0.05, 0) is 43.1 Å².